The maximum atomic E-state index is 12.0. The molecule has 1 aliphatic heterocycles. The Morgan fingerprint density at radius 2 is 2.23 bits per heavy atom. The first-order valence-electron chi connectivity index (χ1n) is 7.70. The number of hydrogen-bond donors (Lipinski definition) is 2. The number of aromatic nitrogens is 2. The lowest BCUT2D eigenvalue weighted by Crippen LogP contribution is -2.39. The largest absolute Gasteiger partial charge is 0.444 e. The van der Waals surface area contributed by atoms with Crippen LogP contribution in [0.1, 0.15) is 38.6 Å². The molecule has 22 heavy (non-hydrogen) atoms. The summed E-state index contributed by atoms with van der Waals surface area (Å²) in [6.45, 7) is 10.6. The molecule has 122 valence electrons. The van der Waals surface area contributed by atoms with E-state index < -0.39 is 5.60 Å². The van der Waals surface area contributed by atoms with Crippen molar-refractivity contribution in [2.75, 3.05) is 19.6 Å². The predicted molar refractivity (Wildman–Crippen MR) is 85.5 cm³/mol. The maximum absolute atomic E-state index is 12.0. The van der Waals surface area contributed by atoms with Gasteiger partial charge in [-0.15, -0.1) is 0 Å². The zero-order chi connectivity index (χ0) is 16.2. The number of carbonyl (C=O) groups excluding carboxylic acids is 1. The molecule has 6 heteroatoms. The molecule has 2 rings (SSSR count). The quantitative estimate of drug-likeness (QED) is 0.838. The van der Waals surface area contributed by atoms with Crippen LogP contribution in [0.3, 0.4) is 0 Å². The molecule has 0 fully saturated rings. The zero-order valence-electron chi connectivity index (χ0n) is 13.9. The van der Waals surface area contributed by atoms with Gasteiger partial charge in [0.05, 0.1) is 12.0 Å². The lowest BCUT2D eigenvalue weighted by molar-refractivity contribution is 0.0265. The number of aryl methyl sites for hydroxylation is 1. The van der Waals surface area contributed by atoms with Crippen LogP contribution in [0.15, 0.2) is 18.0 Å². The highest BCUT2D eigenvalue weighted by Crippen LogP contribution is 2.15. The molecule has 0 saturated carbocycles. The van der Waals surface area contributed by atoms with Crippen molar-refractivity contribution in [3.8, 4) is 0 Å². The van der Waals surface area contributed by atoms with Crippen LogP contribution in [0.2, 0.25) is 0 Å². The molecule has 1 aromatic rings. The van der Waals surface area contributed by atoms with E-state index >= 15 is 0 Å². The third-order valence-corrected chi connectivity index (χ3v) is 3.53. The molecule has 0 unspecified atom stereocenters. The molecule has 2 heterocycles. The SMILES string of the molecule is Cc1[nH]cnc1CNCC1=CCN(C(=O)OC(C)(C)C)CC1. The van der Waals surface area contributed by atoms with Gasteiger partial charge in [-0.2, -0.15) is 0 Å². The van der Waals surface area contributed by atoms with E-state index in [2.05, 4.69) is 21.4 Å². The summed E-state index contributed by atoms with van der Waals surface area (Å²) in [5.74, 6) is 0. The van der Waals surface area contributed by atoms with Gasteiger partial charge >= 0.3 is 6.09 Å². The summed E-state index contributed by atoms with van der Waals surface area (Å²) < 4.78 is 5.39. The molecule has 1 aromatic heterocycles. The van der Waals surface area contributed by atoms with E-state index in [0.29, 0.717) is 13.1 Å². The smallest absolute Gasteiger partial charge is 0.410 e. The average molecular weight is 306 g/mol. The van der Waals surface area contributed by atoms with Crippen LogP contribution in [0.5, 0.6) is 0 Å². The van der Waals surface area contributed by atoms with E-state index in [4.69, 9.17) is 4.74 Å². The molecule has 0 spiro atoms. The molecule has 1 aliphatic rings. The van der Waals surface area contributed by atoms with Gasteiger partial charge in [-0.25, -0.2) is 9.78 Å². The van der Waals surface area contributed by atoms with Crippen LogP contribution >= 0.6 is 0 Å². The Bertz CT molecular complexity index is 543. The Labute approximate surface area is 131 Å². The van der Waals surface area contributed by atoms with Crippen molar-refractivity contribution in [2.45, 2.75) is 46.3 Å². The molecule has 0 radical (unpaired) electrons. The van der Waals surface area contributed by atoms with E-state index in [0.717, 1.165) is 30.9 Å². The molecule has 0 bridgehead atoms. The lowest BCUT2D eigenvalue weighted by atomic mass is 10.1. The Balaban J connectivity index is 1.75. The van der Waals surface area contributed by atoms with Crippen molar-refractivity contribution in [2.24, 2.45) is 0 Å². The Hall–Kier alpha value is -1.82. The van der Waals surface area contributed by atoms with Crippen LogP contribution < -0.4 is 5.32 Å². The number of imidazole rings is 1. The number of H-pyrrole nitrogens is 1. The normalized spacial score (nSPS) is 15.6. The second-order valence-corrected chi connectivity index (χ2v) is 6.62. The summed E-state index contributed by atoms with van der Waals surface area (Å²) in [6, 6.07) is 0. The van der Waals surface area contributed by atoms with Crippen molar-refractivity contribution >= 4 is 6.09 Å². The zero-order valence-corrected chi connectivity index (χ0v) is 13.9. The number of nitrogens with zero attached hydrogens (tertiary/aromatic N) is 2. The number of rotatable bonds is 4. The second kappa shape index (κ2) is 6.96. The molecule has 0 aromatic carbocycles. The highest BCUT2D eigenvalue weighted by Gasteiger charge is 2.23. The van der Waals surface area contributed by atoms with Gasteiger partial charge in [-0.1, -0.05) is 11.6 Å². The van der Waals surface area contributed by atoms with Crippen LogP contribution in [0, 0.1) is 6.92 Å². The first-order valence-corrected chi connectivity index (χ1v) is 7.70. The highest BCUT2D eigenvalue weighted by atomic mass is 16.6. The molecule has 6 nitrogen and oxygen atoms in total. The summed E-state index contributed by atoms with van der Waals surface area (Å²) in [5.41, 5.74) is 3.03. The topological polar surface area (TPSA) is 70.2 Å². The van der Waals surface area contributed by atoms with Crippen molar-refractivity contribution in [3.05, 3.63) is 29.4 Å². The lowest BCUT2D eigenvalue weighted by Gasteiger charge is -2.29. The number of aromatic amines is 1. The van der Waals surface area contributed by atoms with E-state index in [1.54, 1.807) is 11.2 Å². The van der Waals surface area contributed by atoms with Gasteiger partial charge in [0.2, 0.25) is 0 Å². The minimum Gasteiger partial charge on any atom is -0.444 e. The van der Waals surface area contributed by atoms with E-state index in [-0.39, 0.29) is 6.09 Å². The van der Waals surface area contributed by atoms with Crippen LogP contribution in [-0.4, -0.2) is 46.2 Å². The second-order valence-electron chi connectivity index (χ2n) is 6.62. The van der Waals surface area contributed by atoms with Crippen molar-refractivity contribution in [1.82, 2.24) is 20.2 Å². The van der Waals surface area contributed by atoms with E-state index in [9.17, 15) is 4.79 Å². The average Bonchev–Trinajstić information content (AvgIpc) is 2.83. The van der Waals surface area contributed by atoms with Crippen LogP contribution in [-0.2, 0) is 11.3 Å². The molecular formula is C16H26N4O2. The standard InChI is InChI=1S/C16H26N4O2/c1-12-14(19-11-18-12)10-17-9-13-5-7-20(8-6-13)15(21)22-16(2,3)4/h5,11,17H,6-10H2,1-4H3,(H,18,19). The van der Waals surface area contributed by atoms with Gasteiger partial charge in [0.25, 0.3) is 0 Å². The molecular weight excluding hydrogens is 280 g/mol. The fourth-order valence-corrected chi connectivity index (χ4v) is 2.27. The van der Waals surface area contributed by atoms with Crippen molar-refractivity contribution < 1.29 is 9.53 Å². The third-order valence-electron chi connectivity index (χ3n) is 3.53. The highest BCUT2D eigenvalue weighted by molar-refractivity contribution is 5.68. The maximum Gasteiger partial charge on any atom is 0.410 e. The van der Waals surface area contributed by atoms with Crippen LogP contribution in [0.4, 0.5) is 4.79 Å². The molecule has 2 N–H and O–H groups in total. The van der Waals surface area contributed by atoms with Crippen molar-refractivity contribution in [3.63, 3.8) is 0 Å². The Morgan fingerprint density at radius 1 is 1.45 bits per heavy atom. The van der Waals surface area contributed by atoms with Gasteiger partial charge in [0.15, 0.2) is 0 Å². The fraction of sp³-hybridized carbons (Fsp3) is 0.625. The number of hydrogen-bond acceptors (Lipinski definition) is 4. The summed E-state index contributed by atoms with van der Waals surface area (Å²) in [7, 11) is 0. The van der Waals surface area contributed by atoms with Gasteiger partial charge in [-0.05, 0) is 34.1 Å². The first-order chi connectivity index (χ1) is 10.3. The van der Waals surface area contributed by atoms with Gasteiger partial charge in [0.1, 0.15) is 5.60 Å². The number of carbonyl (C=O) groups is 1. The number of nitrogens with one attached hydrogen (secondary N) is 2. The van der Waals surface area contributed by atoms with E-state index in [1.165, 1.54) is 5.57 Å². The first kappa shape index (κ1) is 16.5. The molecule has 0 saturated heterocycles. The Kier molecular flexibility index (Phi) is 5.24. The summed E-state index contributed by atoms with van der Waals surface area (Å²) in [6.07, 6.45) is 4.47. The molecule has 1 amide bonds. The minimum atomic E-state index is -0.440. The van der Waals surface area contributed by atoms with E-state index in [1.807, 2.05) is 27.7 Å². The Morgan fingerprint density at radius 3 is 2.77 bits per heavy atom. The summed E-state index contributed by atoms with van der Waals surface area (Å²) in [4.78, 5) is 21.0. The van der Waals surface area contributed by atoms with Crippen molar-refractivity contribution in [1.29, 1.82) is 0 Å². The fourth-order valence-electron chi connectivity index (χ4n) is 2.27. The molecule has 0 atom stereocenters. The predicted octanol–water partition coefficient (Wildman–Crippen LogP) is 2.37. The monoisotopic (exact) mass is 306 g/mol. The number of amides is 1. The van der Waals surface area contributed by atoms with Gasteiger partial charge in [0, 0.05) is 31.9 Å². The minimum absolute atomic E-state index is 0.233. The van der Waals surface area contributed by atoms with Gasteiger partial charge in [-0.3, -0.25) is 0 Å². The van der Waals surface area contributed by atoms with Gasteiger partial charge < -0.3 is 19.9 Å². The molecule has 0 aliphatic carbocycles. The summed E-state index contributed by atoms with van der Waals surface area (Å²) in [5, 5.41) is 3.40. The number of ether oxygens (including phenoxy) is 1. The third kappa shape index (κ3) is 4.87. The van der Waals surface area contributed by atoms with Crippen LogP contribution in [0.25, 0.3) is 0 Å². The summed E-state index contributed by atoms with van der Waals surface area (Å²) >= 11 is 0.